The fourth-order valence-corrected chi connectivity index (χ4v) is 2.01. The molecule has 0 aliphatic carbocycles. The van der Waals surface area contributed by atoms with Gasteiger partial charge in [0, 0.05) is 0 Å². The van der Waals surface area contributed by atoms with Gasteiger partial charge in [0.1, 0.15) is 6.61 Å². The Kier molecular flexibility index (Phi) is 14.4. The predicted octanol–water partition coefficient (Wildman–Crippen LogP) is 5.43. The third-order valence-electron chi connectivity index (χ3n) is 3.23. The number of hydrogen-bond donors (Lipinski definition) is 0. The van der Waals surface area contributed by atoms with Crippen molar-refractivity contribution >= 4 is 0 Å². The first-order valence-corrected chi connectivity index (χ1v) is 7.74. The summed E-state index contributed by atoms with van der Waals surface area (Å²) in [6, 6.07) is 0. The molecular formula is C16H32O2. The summed E-state index contributed by atoms with van der Waals surface area (Å²) in [4.78, 5) is 10.4. The van der Waals surface area contributed by atoms with Gasteiger partial charge in [-0.2, -0.15) is 0 Å². The Balaban J connectivity index is 3.25. The van der Waals surface area contributed by atoms with Crippen LogP contribution in [0.15, 0.2) is 12.7 Å². The van der Waals surface area contributed by atoms with Gasteiger partial charge in [-0.3, -0.25) is 0 Å². The molecule has 0 aromatic carbocycles. The fourth-order valence-electron chi connectivity index (χ4n) is 2.01. The van der Waals surface area contributed by atoms with Gasteiger partial charge >= 0.3 is 0 Å². The van der Waals surface area contributed by atoms with Crippen LogP contribution in [0.2, 0.25) is 0 Å². The molecule has 1 atom stereocenters. The molecule has 0 radical (unpaired) electrons. The molecule has 0 saturated heterocycles. The van der Waals surface area contributed by atoms with Crippen LogP contribution in [-0.4, -0.2) is 12.7 Å². The van der Waals surface area contributed by atoms with Crippen molar-refractivity contribution in [1.29, 1.82) is 0 Å². The lowest BCUT2D eigenvalue weighted by molar-refractivity contribution is -0.318. The first-order valence-electron chi connectivity index (χ1n) is 7.74. The Morgan fingerprint density at radius 3 is 2.11 bits per heavy atom. The number of rotatable bonds is 14. The first kappa shape index (κ1) is 17.7. The van der Waals surface area contributed by atoms with Gasteiger partial charge in [-0.15, -0.1) is 6.58 Å². The van der Waals surface area contributed by atoms with E-state index >= 15 is 0 Å². The van der Waals surface area contributed by atoms with Gasteiger partial charge in [0.2, 0.25) is 0 Å². The Morgan fingerprint density at radius 2 is 1.56 bits per heavy atom. The van der Waals surface area contributed by atoms with Gasteiger partial charge < -0.3 is 0 Å². The van der Waals surface area contributed by atoms with Crippen molar-refractivity contribution in [3.8, 4) is 0 Å². The van der Waals surface area contributed by atoms with Crippen LogP contribution in [0.4, 0.5) is 0 Å². The Labute approximate surface area is 114 Å². The van der Waals surface area contributed by atoms with Crippen molar-refractivity contribution < 1.29 is 9.78 Å². The minimum atomic E-state index is 0.255. The molecule has 0 aliphatic heterocycles. The van der Waals surface area contributed by atoms with Crippen LogP contribution in [0.3, 0.4) is 0 Å². The van der Waals surface area contributed by atoms with E-state index in [1.165, 1.54) is 51.4 Å². The van der Waals surface area contributed by atoms with Crippen molar-refractivity contribution in [1.82, 2.24) is 0 Å². The van der Waals surface area contributed by atoms with E-state index in [4.69, 9.17) is 9.78 Å². The van der Waals surface area contributed by atoms with E-state index in [1.807, 2.05) is 0 Å². The molecule has 0 bridgehead atoms. The molecule has 0 amide bonds. The standard InChI is InChI=1S/C16H32O2/c1-4-7-8-9-10-11-12-13-14-16(6-3)18-17-15-5-2/h5,16H,2,4,6-15H2,1,3H3. The molecule has 2 heteroatoms. The van der Waals surface area contributed by atoms with Crippen molar-refractivity contribution in [3.63, 3.8) is 0 Å². The molecule has 0 fully saturated rings. The molecule has 18 heavy (non-hydrogen) atoms. The van der Waals surface area contributed by atoms with E-state index in [0.717, 1.165) is 12.8 Å². The summed E-state index contributed by atoms with van der Waals surface area (Å²) in [7, 11) is 0. The molecule has 0 heterocycles. The zero-order chi connectivity index (χ0) is 13.5. The van der Waals surface area contributed by atoms with Crippen molar-refractivity contribution in [2.45, 2.75) is 84.2 Å². The quantitative estimate of drug-likeness (QED) is 0.178. The second-order valence-corrected chi connectivity index (χ2v) is 4.96. The molecule has 0 aliphatic rings. The summed E-state index contributed by atoms with van der Waals surface area (Å²) in [6.07, 6.45) is 15.0. The molecule has 0 aromatic heterocycles. The highest BCUT2D eigenvalue weighted by molar-refractivity contribution is 4.62. The summed E-state index contributed by atoms with van der Waals surface area (Å²) < 4.78 is 0. The summed E-state index contributed by atoms with van der Waals surface area (Å²) in [6.45, 7) is 8.48. The highest BCUT2D eigenvalue weighted by Gasteiger charge is 2.06. The fraction of sp³-hybridized carbons (Fsp3) is 0.875. The van der Waals surface area contributed by atoms with Crippen LogP contribution in [0.5, 0.6) is 0 Å². The number of hydrogen-bond acceptors (Lipinski definition) is 2. The molecule has 0 saturated carbocycles. The third kappa shape index (κ3) is 12.1. The van der Waals surface area contributed by atoms with E-state index in [2.05, 4.69) is 20.4 Å². The lowest BCUT2D eigenvalue weighted by Gasteiger charge is -2.13. The summed E-state index contributed by atoms with van der Waals surface area (Å²) >= 11 is 0. The monoisotopic (exact) mass is 256 g/mol. The zero-order valence-corrected chi connectivity index (χ0v) is 12.5. The van der Waals surface area contributed by atoms with Crippen molar-refractivity contribution in [2.75, 3.05) is 6.61 Å². The van der Waals surface area contributed by atoms with Gasteiger partial charge in [-0.25, -0.2) is 9.78 Å². The van der Waals surface area contributed by atoms with E-state index < -0.39 is 0 Å². The molecule has 0 aromatic rings. The molecule has 108 valence electrons. The van der Waals surface area contributed by atoms with Gasteiger partial charge in [0.05, 0.1) is 6.10 Å². The SMILES string of the molecule is C=CCOOC(CC)CCCCCCCCCC. The second-order valence-electron chi connectivity index (χ2n) is 4.96. The topological polar surface area (TPSA) is 18.5 Å². The predicted molar refractivity (Wildman–Crippen MR) is 78.5 cm³/mol. The number of unbranched alkanes of at least 4 members (excludes halogenated alkanes) is 7. The van der Waals surface area contributed by atoms with E-state index in [0.29, 0.717) is 6.61 Å². The minimum Gasteiger partial charge on any atom is -0.233 e. The maximum Gasteiger partial charge on any atom is 0.100 e. The molecule has 0 N–H and O–H groups in total. The minimum absolute atomic E-state index is 0.255. The normalized spacial score (nSPS) is 12.6. The first-order chi connectivity index (χ1) is 8.85. The molecule has 0 spiro atoms. The van der Waals surface area contributed by atoms with Crippen molar-refractivity contribution in [3.05, 3.63) is 12.7 Å². The molecule has 2 nitrogen and oxygen atoms in total. The summed E-state index contributed by atoms with van der Waals surface area (Å²) in [5.41, 5.74) is 0. The van der Waals surface area contributed by atoms with Gasteiger partial charge in [-0.05, 0) is 12.8 Å². The summed E-state index contributed by atoms with van der Waals surface area (Å²) in [5, 5.41) is 0. The molecular weight excluding hydrogens is 224 g/mol. The lowest BCUT2D eigenvalue weighted by Crippen LogP contribution is -2.12. The highest BCUT2D eigenvalue weighted by Crippen LogP contribution is 2.13. The molecule has 0 rings (SSSR count). The smallest absolute Gasteiger partial charge is 0.100 e. The van der Waals surface area contributed by atoms with Crippen molar-refractivity contribution in [2.24, 2.45) is 0 Å². The average Bonchev–Trinajstić information content (AvgIpc) is 2.40. The van der Waals surface area contributed by atoms with Crippen LogP contribution in [0, 0.1) is 0 Å². The third-order valence-corrected chi connectivity index (χ3v) is 3.23. The van der Waals surface area contributed by atoms with E-state index in [9.17, 15) is 0 Å². The van der Waals surface area contributed by atoms with Crippen LogP contribution >= 0.6 is 0 Å². The average molecular weight is 256 g/mol. The van der Waals surface area contributed by atoms with Gasteiger partial charge in [-0.1, -0.05) is 71.3 Å². The zero-order valence-electron chi connectivity index (χ0n) is 12.5. The second kappa shape index (κ2) is 14.7. The Bertz CT molecular complexity index is 168. The van der Waals surface area contributed by atoms with Crippen LogP contribution in [0.25, 0.3) is 0 Å². The van der Waals surface area contributed by atoms with E-state index in [1.54, 1.807) is 6.08 Å². The molecule has 1 unspecified atom stereocenters. The Morgan fingerprint density at radius 1 is 0.944 bits per heavy atom. The maximum absolute atomic E-state index is 5.32. The largest absolute Gasteiger partial charge is 0.233 e. The summed E-state index contributed by atoms with van der Waals surface area (Å²) in [5.74, 6) is 0. The lowest BCUT2D eigenvalue weighted by atomic mass is 10.0. The van der Waals surface area contributed by atoms with Gasteiger partial charge in [0.25, 0.3) is 0 Å². The van der Waals surface area contributed by atoms with Crippen LogP contribution in [-0.2, 0) is 9.78 Å². The highest BCUT2D eigenvalue weighted by atomic mass is 17.2. The van der Waals surface area contributed by atoms with Crippen LogP contribution < -0.4 is 0 Å². The van der Waals surface area contributed by atoms with E-state index in [-0.39, 0.29) is 6.10 Å². The van der Waals surface area contributed by atoms with Gasteiger partial charge in [0.15, 0.2) is 0 Å². The maximum atomic E-state index is 5.32. The Hall–Kier alpha value is -0.340. The van der Waals surface area contributed by atoms with Crippen LogP contribution in [0.1, 0.15) is 78.1 Å².